The average Bonchev–Trinajstić information content (AvgIpc) is 3.15. The maximum absolute atomic E-state index is 12.9. The topological polar surface area (TPSA) is 12.0 Å². The highest BCUT2D eigenvalue weighted by molar-refractivity contribution is 5.23. The van der Waals surface area contributed by atoms with Gasteiger partial charge in [0.25, 0.3) is 0 Å². The highest BCUT2D eigenvalue weighted by atomic mass is 19.1. The van der Waals surface area contributed by atoms with Crippen LogP contribution >= 0.6 is 0 Å². The molecule has 2 fully saturated rings. The molecule has 2 aliphatic carbocycles. The summed E-state index contributed by atoms with van der Waals surface area (Å²) in [5, 5.41) is 3.76. The molecule has 0 spiro atoms. The van der Waals surface area contributed by atoms with Crippen molar-refractivity contribution in [2.24, 2.45) is 11.3 Å². The van der Waals surface area contributed by atoms with Crippen LogP contribution in [0.1, 0.15) is 44.7 Å². The molecule has 0 aromatic heterocycles. The predicted molar refractivity (Wildman–Crippen MR) is 67.2 cm³/mol. The van der Waals surface area contributed by atoms with Crippen LogP contribution in [0.25, 0.3) is 0 Å². The molecule has 2 unspecified atom stereocenters. The second-order valence-corrected chi connectivity index (χ2v) is 6.28. The molecule has 1 nitrogen and oxygen atoms in total. The van der Waals surface area contributed by atoms with Crippen LogP contribution in [-0.2, 0) is 0 Å². The quantitative estimate of drug-likeness (QED) is 0.836. The molecule has 2 atom stereocenters. The van der Waals surface area contributed by atoms with E-state index in [0.29, 0.717) is 17.5 Å². The number of benzene rings is 1. The molecule has 0 bridgehead atoms. The third kappa shape index (κ3) is 2.37. The Kier molecular flexibility index (Phi) is 2.51. The summed E-state index contributed by atoms with van der Waals surface area (Å²) in [5.41, 5.74) is 1.70. The second-order valence-electron chi connectivity index (χ2n) is 6.28. The zero-order valence-electron chi connectivity index (χ0n) is 10.5. The van der Waals surface area contributed by atoms with E-state index in [-0.39, 0.29) is 5.82 Å². The van der Waals surface area contributed by atoms with Crippen LogP contribution in [0.3, 0.4) is 0 Å². The van der Waals surface area contributed by atoms with E-state index in [1.165, 1.54) is 24.8 Å². The minimum atomic E-state index is -0.143. The van der Waals surface area contributed by atoms with Gasteiger partial charge in [0.05, 0.1) is 0 Å². The van der Waals surface area contributed by atoms with Crippen LogP contribution in [0.4, 0.5) is 4.39 Å². The van der Waals surface area contributed by atoms with Gasteiger partial charge in [0.1, 0.15) is 5.82 Å². The van der Waals surface area contributed by atoms with Crippen molar-refractivity contribution in [2.75, 3.05) is 0 Å². The lowest BCUT2D eigenvalue weighted by molar-refractivity contribution is 0.435. The average molecular weight is 233 g/mol. The van der Waals surface area contributed by atoms with Crippen molar-refractivity contribution in [1.29, 1.82) is 0 Å². The molecule has 2 saturated carbocycles. The van der Waals surface area contributed by atoms with Gasteiger partial charge >= 0.3 is 0 Å². The van der Waals surface area contributed by atoms with Gasteiger partial charge in [-0.1, -0.05) is 26.0 Å². The second kappa shape index (κ2) is 3.81. The molecule has 92 valence electrons. The summed E-state index contributed by atoms with van der Waals surface area (Å²) >= 11 is 0. The van der Waals surface area contributed by atoms with E-state index >= 15 is 0 Å². The van der Waals surface area contributed by atoms with E-state index in [4.69, 9.17) is 0 Å². The van der Waals surface area contributed by atoms with Crippen molar-refractivity contribution < 1.29 is 4.39 Å². The Morgan fingerprint density at radius 3 is 2.29 bits per heavy atom. The van der Waals surface area contributed by atoms with Crippen LogP contribution in [0.15, 0.2) is 24.3 Å². The molecule has 0 heterocycles. The SMILES string of the molecule is CC1(C)CC1NC(c1ccc(F)cc1)C1CC1. The largest absolute Gasteiger partial charge is 0.306 e. The molecule has 3 rings (SSSR count). The molecule has 1 aromatic rings. The van der Waals surface area contributed by atoms with Gasteiger partial charge in [-0.25, -0.2) is 4.39 Å². The molecule has 17 heavy (non-hydrogen) atoms. The Morgan fingerprint density at radius 2 is 1.82 bits per heavy atom. The molecule has 2 heteroatoms. The first-order valence-electron chi connectivity index (χ1n) is 6.58. The predicted octanol–water partition coefficient (Wildman–Crippen LogP) is 3.66. The van der Waals surface area contributed by atoms with Gasteiger partial charge in [-0.05, 0) is 48.3 Å². The third-order valence-electron chi connectivity index (χ3n) is 4.22. The van der Waals surface area contributed by atoms with E-state index in [2.05, 4.69) is 19.2 Å². The molecule has 0 radical (unpaired) electrons. The van der Waals surface area contributed by atoms with E-state index in [1.54, 1.807) is 12.1 Å². The minimum absolute atomic E-state index is 0.143. The van der Waals surface area contributed by atoms with Gasteiger partial charge in [0.2, 0.25) is 0 Å². The highest BCUT2D eigenvalue weighted by Gasteiger charge is 2.48. The zero-order chi connectivity index (χ0) is 12.0. The summed E-state index contributed by atoms with van der Waals surface area (Å²) in [7, 11) is 0. The van der Waals surface area contributed by atoms with Crippen molar-refractivity contribution in [3.63, 3.8) is 0 Å². The van der Waals surface area contributed by atoms with Crippen molar-refractivity contribution in [3.05, 3.63) is 35.6 Å². The lowest BCUT2D eigenvalue weighted by Crippen LogP contribution is -2.27. The molecule has 0 amide bonds. The first-order valence-corrected chi connectivity index (χ1v) is 6.58. The fourth-order valence-corrected chi connectivity index (χ4v) is 2.57. The van der Waals surface area contributed by atoms with Gasteiger partial charge in [-0.3, -0.25) is 0 Å². The van der Waals surface area contributed by atoms with Crippen molar-refractivity contribution in [2.45, 2.75) is 45.2 Å². The normalized spacial score (nSPS) is 27.8. The van der Waals surface area contributed by atoms with Crippen LogP contribution < -0.4 is 5.32 Å². The zero-order valence-corrected chi connectivity index (χ0v) is 10.5. The Hall–Kier alpha value is -0.890. The standard InChI is InChI=1S/C15H20FN/c1-15(2)9-13(15)17-14(10-3-4-10)11-5-7-12(16)8-6-11/h5-8,10,13-14,17H,3-4,9H2,1-2H3. The molecule has 2 aliphatic rings. The van der Waals surface area contributed by atoms with Gasteiger partial charge in [-0.15, -0.1) is 0 Å². The van der Waals surface area contributed by atoms with Crippen molar-refractivity contribution >= 4 is 0 Å². The smallest absolute Gasteiger partial charge is 0.123 e. The summed E-state index contributed by atoms with van der Waals surface area (Å²) in [6.45, 7) is 4.61. The van der Waals surface area contributed by atoms with Crippen LogP contribution in [0.5, 0.6) is 0 Å². The van der Waals surface area contributed by atoms with Gasteiger partial charge < -0.3 is 5.32 Å². The Morgan fingerprint density at radius 1 is 1.24 bits per heavy atom. The maximum atomic E-state index is 12.9. The lowest BCUT2D eigenvalue weighted by Gasteiger charge is -2.20. The van der Waals surface area contributed by atoms with Crippen LogP contribution in [0.2, 0.25) is 0 Å². The lowest BCUT2D eigenvalue weighted by atomic mass is 10.0. The summed E-state index contributed by atoms with van der Waals surface area (Å²) in [6, 6.07) is 8.08. The first-order chi connectivity index (χ1) is 8.06. The van der Waals surface area contributed by atoms with Gasteiger partial charge in [0.15, 0.2) is 0 Å². The Balaban J connectivity index is 1.74. The molecule has 0 saturated heterocycles. The number of nitrogens with one attached hydrogen (secondary N) is 1. The van der Waals surface area contributed by atoms with Crippen molar-refractivity contribution in [3.8, 4) is 0 Å². The molecule has 1 aromatic carbocycles. The van der Waals surface area contributed by atoms with Gasteiger partial charge in [0, 0.05) is 12.1 Å². The van der Waals surface area contributed by atoms with Crippen molar-refractivity contribution in [1.82, 2.24) is 5.32 Å². The number of hydrogen-bond acceptors (Lipinski definition) is 1. The maximum Gasteiger partial charge on any atom is 0.123 e. The third-order valence-corrected chi connectivity index (χ3v) is 4.22. The number of hydrogen-bond donors (Lipinski definition) is 1. The van der Waals surface area contributed by atoms with E-state index < -0.39 is 0 Å². The molecule has 1 N–H and O–H groups in total. The molecule has 0 aliphatic heterocycles. The summed E-state index contributed by atoms with van der Waals surface area (Å²) < 4.78 is 12.9. The fourth-order valence-electron chi connectivity index (χ4n) is 2.57. The van der Waals surface area contributed by atoms with E-state index in [9.17, 15) is 4.39 Å². The minimum Gasteiger partial charge on any atom is -0.306 e. The Labute approximate surface area is 102 Å². The molecular weight excluding hydrogens is 213 g/mol. The summed E-state index contributed by atoms with van der Waals surface area (Å²) in [4.78, 5) is 0. The highest BCUT2D eigenvalue weighted by Crippen LogP contribution is 2.49. The number of rotatable bonds is 4. The first kappa shape index (κ1) is 11.2. The Bertz CT molecular complexity index is 405. The summed E-state index contributed by atoms with van der Waals surface area (Å²) in [6.07, 6.45) is 3.88. The number of halogens is 1. The monoisotopic (exact) mass is 233 g/mol. The van der Waals surface area contributed by atoms with E-state index in [0.717, 1.165) is 5.92 Å². The van der Waals surface area contributed by atoms with Gasteiger partial charge in [-0.2, -0.15) is 0 Å². The molecular formula is C15H20FN. The fraction of sp³-hybridized carbons (Fsp3) is 0.600. The van der Waals surface area contributed by atoms with E-state index in [1.807, 2.05) is 12.1 Å². The van der Waals surface area contributed by atoms with Crippen LogP contribution in [0, 0.1) is 17.2 Å². The van der Waals surface area contributed by atoms with Crippen LogP contribution in [-0.4, -0.2) is 6.04 Å². The summed E-state index contributed by atoms with van der Waals surface area (Å²) in [5.74, 6) is 0.618.